The van der Waals surface area contributed by atoms with Crippen LogP contribution in [0.15, 0.2) is 11.3 Å². The second-order valence-electron chi connectivity index (χ2n) is 2.54. The van der Waals surface area contributed by atoms with E-state index in [1.165, 1.54) is 0 Å². The zero-order valence-electron chi connectivity index (χ0n) is 6.99. The first-order chi connectivity index (χ1) is 4.59. The summed E-state index contributed by atoms with van der Waals surface area (Å²) in [6.07, 6.45) is 1.98. The van der Waals surface area contributed by atoms with E-state index in [4.69, 9.17) is 11.1 Å². The second-order valence-corrected chi connectivity index (χ2v) is 2.54. The molecule has 10 heavy (non-hydrogen) atoms. The normalized spacial score (nSPS) is 12.7. The van der Waals surface area contributed by atoms with Crippen LogP contribution in [0.4, 0.5) is 0 Å². The summed E-state index contributed by atoms with van der Waals surface area (Å²) in [6, 6.07) is 0. The summed E-state index contributed by atoms with van der Waals surface area (Å²) in [5, 5.41) is 7.35. The standard InChI is InChI=1S/C8H16N2/c1-4-5-8(6(2)9)7(3)10/h9H,4-5,10H2,1-3H3/b8-7-,9-6?. The third-order valence-electron chi connectivity index (χ3n) is 1.43. The molecule has 0 saturated carbocycles. The number of nitrogens with one attached hydrogen (secondary N) is 1. The molecule has 0 bridgehead atoms. The zero-order chi connectivity index (χ0) is 8.15. The maximum atomic E-state index is 7.35. The second kappa shape index (κ2) is 4.09. The predicted molar refractivity (Wildman–Crippen MR) is 45.2 cm³/mol. The fourth-order valence-electron chi connectivity index (χ4n) is 0.930. The average Bonchev–Trinajstić information content (AvgIpc) is 1.81. The molecule has 0 aliphatic carbocycles. The summed E-state index contributed by atoms with van der Waals surface area (Å²) in [5.41, 5.74) is 7.95. The molecule has 0 radical (unpaired) electrons. The van der Waals surface area contributed by atoms with E-state index in [-0.39, 0.29) is 0 Å². The van der Waals surface area contributed by atoms with Crippen LogP contribution in [0.25, 0.3) is 0 Å². The van der Waals surface area contributed by atoms with Crippen molar-refractivity contribution in [2.45, 2.75) is 33.6 Å². The van der Waals surface area contributed by atoms with Gasteiger partial charge in [-0.1, -0.05) is 13.3 Å². The highest BCUT2D eigenvalue weighted by Gasteiger charge is 2.00. The molecule has 0 aromatic rings. The van der Waals surface area contributed by atoms with Crippen LogP contribution in [-0.4, -0.2) is 5.71 Å². The smallest absolute Gasteiger partial charge is 0.0331 e. The Balaban J connectivity index is 4.28. The van der Waals surface area contributed by atoms with Crippen LogP contribution < -0.4 is 5.73 Å². The Morgan fingerprint density at radius 1 is 1.40 bits per heavy atom. The molecule has 0 saturated heterocycles. The Bertz CT molecular complexity index is 153. The minimum atomic E-state index is 0.599. The topological polar surface area (TPSA) is 49.9 Å². The first kappa shape index (κ1) is 9.21. The van der Waals surface area contributed by atoms with Gasteiger partial charge in [-0.2, -0.15) is 0 Å². The van der Waals surface area contributed by atoms with E-state index in [9.17, 15) is 0 Å². The van der Waals surface area contributed by atoms with Crippen molar-refractivity contribution < 1.29 is 0 Å². The van der Waals surface area contributed by atoms with Crippen molar-refractivity contribution in [3.05, 3.63) is 11.3 Å². The molecule has 0 spiro atoms. The van der Waals surface area contributed by atoms with Gasteiger partial charge in [-0.3, -0.25) is 0 Å². The minimum absolute atomic E-state index is 0.599. The molecule has 0 aliphatic rings. The lowest BCUT2D eigenvalue weighted by Gasteiger charge is -2.04. The first-order valence-corrected chi connectivity index (χ1v) is 3.60. The predicted octanol–water partition coefficient (Wildman–Crippen LogP) is 2.06. The first-order valence-electron chi connectivity index (χ1n) is 3.60. The molecule has 0 rings (SSSR count). The monoisotopic (exact) mass is 140 g/mol. The molecule has 0 heterocycles. The molecule has 0 unspecified atom stereocenters. The van der Waals surface area contributed by atoms with Gasteiger partial charge in [0.25, 0.3) is 0 Å². The van der Waals surface area contributed by atoms with E-state index in [2.05, 4.69) is 6.92 Å². The molecular weight excluding hydrogens is 124 g/mol. The van der Waals surface area contributed by atoms with Gasteiger partial charge in [0.1, 0.15) is 0 Å². The Labute approximate surface area is 62.6 Å². The van der Waals surface area contributed by atoms with Crippen molar-refractivity contribution in [1.82, 2.24) is 0 Å². The third-order valence-corrected chi connectivity index (χ3v) is 1.43. The van der Waals surface area contributed by atoms with Crippen molar-refractivity contribution in [2.24, 2.45) is 5.73 Å². The summed E-state index contributed by atoms with van der Waals surface area (Å²) >= 11 is 0. The van der Waals surface area contributed by atoms with Crippen LogP contribution in [-0.2, 0) is 0 Å². The Morgan fingerprint density at radius 3 is 2.00 bits per heavy atom. The molecular formula is C8H16N2. The summed E-state index contributed by atoms with van der Waals surface area (Å²) in [6.45, 7) is 5.72. The quantitative estimate of drug-likeness (QED) is 0.579. The fraction of sp³-hybridized carbons (Fsp3) is 0.625. The van der Waals surface area contributed by atoms with Gasteiger partial charge >= 0.3 is 0 Å². The van der Waals surface area contributed by atoms with Crippen LogP contribution in [0.5, 0.6) is 0 Å². The lowest BCUT2D eigenvalue weighted by molar-refractivity contribution is 0.916. The van der Waals surface area contributed by atoms with Crippen LogP contribution in [0.1, 0.15) is 33.6 Å². The molecule has 3 N–H and O–H groups in total. The fourth-order valence-corrected chi connectivity index (χ4v) is 0.930. The van der Waals surface area contributed by atoms with Crippen LogP contribution in [0, 0.1) is 5.41 Å². The van der Waals surface area contributed by atoms with E-state index in [1.807, 2.05) is 6.92 Å². The van der Waals surface area contributed by atoms with E-state index >= 15 is 0 Å². The maximum Gasteiger partial charge on any atom is 0.0331 e. The van der Waals surface area contributed by atoms with Gasteiger partial charge in [0.05, 0.1) is 0 Å². The van der Waals surface area contributed by atoms with E-state index in [1.54, 1.807) is 6.92 Å². The van der Waals surface area contributed by atoms with Crippen molar-refractivity contribution >= 4 is 5.71 Å². The van der Waals surface area contributed by atoms with Gasteiger partial charge in [0.15, 0.2) is 0 Å². The maximum absolute atomic E-state index is 7.35. The number of rotatable bonds is 3. The van der Waals surface area contributed by atoms with Gasteiger partial charge in [-0.15, -0.1) is 0 Å². The SMILES string of the molecule is CCC/C(C(C)=N)=C(\C)N. The van der Waals surface area contributed by atoms with Crippen LogP contribution >= 0.6 is 0 Å². The molecule has 0 aromatic carbocycles. The van der Waals surface area contributed by atoms with Gasteiger partial charge < -0.3 is 11.1 Å². The van der Waals surface area contributed by atoms with Gasteiger partial charge in [0.2, 0.25) is 0 Å². The summed E-state index contributed by atoms with van der Waals surface area (Å²) in [4.78, 5) is 0. The molecule has 0 atom stereocenters. The number of allylic oxidation sites excluding steroid dienone is 2. The Hall–Kier alpha value is -0.790. The lowest BCUT2D eigenvalue weighted by Crippen LogP contribution is -2.04. The molecule has 0 aromatic heterocycles. The van der Waals surface area contributed by atoms with Crippen molar-refractivity contribution in [3.63, 3.8) is 0 Å². The van der Waals surface area contributed by atoms with Gasteiger partial charge in [0, 0.05) is 11.4 Å². The number of hydrogen-bond acceptors (Lipinski definition) is 2. The number of hydrogen-bond donors (Lipinski definition) is 2. The Kier molecular flexibility index (Phi) is 3.77. The van der Waals surface area contributed by atoms with Crippen LogP contribution in [0.2, 0.25) is 0 Å². The molecule has 0 aliphatic heterocycles. The molecule has 58 valence electrons. The highest BCUT2D eigenvalue weighted by atomic mass is 14.6. The van der Waals surface area contributed by atoms with E-state index in [0.29, 0.717) is 5.71 Å². The molecule has 2 nitrogen and oxygen atoms in total. The molecule has 2 heteroatoms. The van der Waals surface area contributed by atoms with E-state index < -0.39 is 0 Å². The summed E-state index contributed by atoms with van der Waals surface area (Å²) in [7, 11) is 0. The minimum Gasteiger partial charge on any atom is -0.402 e. The summed E-state index contributed by atoms with van der Waals surface area (Å²) < 4.78 is 0. The highest BCUT2D eigenvalue weighted by Crippen LogP contribution is 2.08. The van der Waals surface area contributed by atoms with Crippen molar-refractivity contribution in [1.29, 1.82) is 5.41 Å². The van der Waals surface area contributed by atoms with E-state index in [0.717, 1.165) is 24.1 Å². The average molecular weight is 140 g/mol. The van der Waals surface area contributed by atoms with Crippen LogP contribution in [0.3, 0.4) is 0 Å². The summed E-state index contributed by atoms with van der Waals surface area (Å²) in [5.74, 6) is 0. The Morgan fingerprint density at radius 2 is 1.90 bits per heavy atom. The number of nitrogens with two attached hydrogens (primary N) is 1. The van der Waals surface area contributed by atoms with Gasteiger partial charge in [-0.05, 0) is 25.8 Å². The zero-order valence-corrected chi connectivity index (χ0v) is 6.99. The largest absolute Gasteiger partial charge is 0.402 e. The third kappa shape index (κ3) is 2.67. The van der Waals surface area contributed by atoms with Crippen molar-refractivity contribution in [3.8, 4) is 0 Å². The van der Waals surface area contributed by atoms with Crippen molar-refractivity contribution in [2.75, 3.05) is 0 Å². The molecule has 0 amide bonds. The molecule has 0 fully saturated rings. The van der Waals surface area contributed by atoms with Gasteiger partial charge in [-0.25, -0.2) is 0 Å². The lowest BCUT2D eigenvalue weighted by atomic mass is 10.1. The highest BCUT2D eigenvalue weighted by molar-refractivity contribution is 5.96.